The lowest BCUT2D eigenvalue weighted by molar-refractivity contribution is -0.390. The van der Waals surface area contributed by atoms with Gasteiger partial charge in [0.15, 0.2) is 0 Å². The van der Waals surface area contributed by atoms with E-state index >= 15 is 0 Å². The second-order valence-corrected chi connectivity index (χ2v) is 3.66. The summed E-state index contributed by atoms with van der Waals surface area (Å²) in [5, 5.41) is 10.8. The number of para-hydroxylation sites is 1. The molecule has 0 spiro atoms. The smallest absolute Gasteiger partial charge is 0.427 e. The van der Waals surface area contributed by atoms with Crippen molar-refractivity contribution in [3.63, 3.8) is 0 Å². The van der Waals surface area contributed by atoms with Crippen LogP contribution in [0.4, 0.5) is 5.82 Å². The van der Waals surface area contributed by atoms with Crippen LogP contribution in [0.15, 0.2) is 30.6 Å². The Morgan fingerprint density at radius 3 is 2.89 bits per heavy atom. The molecule has 2 N–H and O–H groups in total. The van der Waals surface area contributed by atoms with Crippen LogP contribution in [0, 0.1) is 10.1 Å². The van der Waals surface area contributed by atoms with E-state index in [9.17, 15) is 10.1 Å². The number of rotatable bonds is 4. The van der Waals surface area contributed by atoms with Crippen molar-refractivity contribution in [2.75, 3.05) is 0 Å². The zero-order valence-corrected chi connectivity index (χ0v) is 9.74. The summed E-state index contributed by atoms with van der Waals surface area (Å²) in [4.78, 5) is 13.9. The number of nitrogens with two attached hydrogens (primary N) is 1. The van der Waals surface area contributed by atoms with Gasteiger partial charge in [0.25, 0.3) is 0 Å². The number of imidazole rings is 1. The topological polar surface area (TPSA) is 96.2 Å². The normalized spacial score (nSPS) is 10.3. The van der Waals surface area contributed by atoms with Crippen molar-refractivity contribution in [3.05, 3.63) is 46.3 Å². The molecule has 7 nitrogen and oxygen atoms in total. The van der Waals surface area contributed by atoms with Crippen LogP contribution in [0.5, 0.6) is 11.6 Å². The predicted octanol–water partition coefficient (Wildman–Crippen LogP) is 1.58. The van der Waals surface area contributed by atoms with Crippen LogP contribution in [-0.2, 0) is 13.6 Å². The molecule has 0 bridgehead atoms. The monoisotopic (exact) mass is 248 g/mol. The molecule has 94 valence electrons. The average Bonchev–Trinajstić information content (AvgIpc) is 2.72. The fraction of sp³-hybridized carbons (Fsp3) is 0.182. The molecule has 0 aliphatic heterocycles. The van der Waals surface area contributed by atoms with Gasteiger partial charge in [-0.25, -0.2) is 0 Å². The van der Waals surface area contributed by atoms with Crippen LogP contribution in [0.3, 0.4) is 0 Å². The highest BCUT2D eigenvalue weighted by Crippen LogP contribution is 2.31. The van der Waals surface area contributed by atoms with Crippen molar-refractivity contribution in [2.24, 2.45) is 12.8 Å². The van der Waals surface area contributed by atoms with Gasteiger partial charge in [0.1, 0.15) is 5.75 Å². The minimum Gasteiger partial charge on any atom is -0.433 e. The van der Waals surface area contributed by atoms with Gasteiger partial charge in [-0.1, -0.05) is 18.2 Å². The Labute approximate surface area is 103 Å². The van der Waals surface area contributed by atoms with Gasteiger partial charge in [0, 0.05) is 19.2 Å². The highest BCUT2D eigenvalue weighted by molar-refractivity contribution is 5.41. The molecule has 0 unspecified atom stereocenters. The number of nitro groups is 1. The summed E-state index contributed by atoms with van der Waals surface area (Å²) in [7, 11) is 1.63. The first-order valence-corrected chi connectivity index (χ1v) is 5.25. The van der Waals surface area contributed by atoms with Crippen LogP contribution in [0.1, 0.15) is 5.56 Å². The molecule has 1 heterocycles. The predicted molar refractivity (Wildman–Crippen MR) is 64.3 cm³/mol. The van der Waals surface area contributed by atoms with Gasteiger partial charge < -0.3 is 20.6 Å². The molecule has 2 aromatic rings. The second kappa shape index (κ2) is 4.84. The van der Waals surface area contributed by atoms with Crippen molar-refractivity contribution in [2.45, 2.75) is 6.54 Å². The molecule has 0 radical (unpaired) electrons. The van der Waals surface area contributed by atoms with Crippen LogP contribution in [0.25, 0.3) is 0 Å². The van der Waals surface area contributed by atoms with Crippen molar-refractivity contribution in [1.29, 1.82) is 0 Å². The lowest BCUT2D eigenvalue weighted by atomic mass is 10.2. The van der Waals surface area contributed by atoms with Gasteiger partial charge in [0.05, 0.1) is 0 Å². The van der Waals surface area contributed by atoms with Crippen LogP contribution < -0.4 is 10.5 Å². The number of hydrogen-bond donors (Lipinski definition) is 1. The third-order valence-corrected chi connectivity index (χ3v) is 2.44. The standard InChI is InChI=1S/C11H12N4O3/c1-14-7-13-10(15(16)17)11(14)18-9-5-3-2-4-8(9)6-12/h2-5,7H,6,12H2,1H3. The minimum absolute atomic E-state index is 0.0842. The maximum absolute atomic E-state index is 10.8. The molecule has 0 saturated heterocycles. The van der Waals surface area contributed by atoms with E-state index in [-0.39, 0.29) is 11.7 Å². The Kier molecular flexibility index (Phi) is 3.24. The fourth-order valence-electron chi connectivity index (χ4n) is 1.53. The van der Waals surface area contributed by atoms with Gasteiger partial charge >= 0.3 is 11.7 Å². The van der Waals surface area contributed by atoms with Crippen LogP contribution in [0.2, 0.25) is 0 Å². The largest absolute Gasteiger partial charge is 0.433 e. The van der Waals surface area contributed by atoms with E-state index in [1.165, 1.54) is 10.9 Å². The van der Waals surface area contributed by atoms with Crippen LogP contribution in [-0.4, -0.2) is 14.5 Å². The summed E-state index contributed by atoms with van der Waals surface area (Å²) in [5.74, 6) is 0.261. The summed E-state index contributed by atoms with van der Waals surface area (Å²) in [6.07, 6.45) is 1.33. The summed E-state index contributed by atoms with van der Waals surface area (Å²) in [5.41, 5.74) is 6.35. The molecule has 1 aromatic heterocycles. The minimum atomic E-state index is -0.583. The molecule has 0 atom stereocenters. The van der Waals surface area contributed by atoms with E-state index in [4.69, 9.17) is 10.5 Å². The summed E-state index contributed by atoms with van der Waals surface area (Å²) < 4.78 is 6.99. The number of nitrogens with zero attached hydrogens (tertiary/aromatic N) is 3. The summed E-state index contributed by atoms with van der Waals surface area (Å²) in [6.45, 7) is 0.293. The van der Waals surface area contributed by atoms with Crippen molar-refractivity contribution >= 4 is 5.82 Å². The van der Waals surface area contributed by atoms with E-state index in [2.05, 4.69) is 4.98 Å². The highest BCUT2D eigenvalue weighted by atomic mass is 16.6. The maximum Gasteiger partial charge on any atom is 0.427 e. The third kappa shape index (κ3) is 2.16. The number of aryl methyl sites for hydroxylation is 1. The van der Waals surface area contributed by atoms with Crippen molar-refractivity contribution in [3.8, 4) is 11.6 Å². The lowest BCUT2D eigenvalue weighted by Crippen LogP contribution is -2.02. The molecular weight excluding hydrogens is 236 g/mol. The van der Waals surface area contributed by atoms with E-state index in [0.29, 0.717) is 12.3 Å². The molecule has 0 amide bonds. The molecule has 18 heavy (non-hydrogen) atoms. The molecule has 0 aliphatic rings. The van der Waals surface area contributed by atoms with Gasteiger partial charge in [-0.3, -0.25) is 4.57 Å². The quantitative estimate of drug-likeness (QED) is 0.654. The highest BCUT2D eigenvalue weighted by Gasteiger charge is 2.22. The Morgan fingerprint density at radius 1 is 1.50 bits per heavy atom. The van der Waals surface area contributed by atoms with Crippen molar-refractivity contribution in [1.82, 2.24) is 9.55 Å². The average molecular weight is 248 g/mol. The van der Waals surface area contributed by atoms with Gasteiger partial charge in [-0.05, 0) is 16.0 Å². The first kappa shape index (κ1) is 12.1. The maximum atomic E-state index is 10.8. The Morgan fingerprint density at radius 2 is 2.22 bits per heavy atom. The molecule has 2 rings (SSSR count). The van der Waals surface area contributed by atoms with E-state index in [1.54, 1.807) is 25.2 Å². The number of aromatic nitrogens is 2. The number of ether oxygens (including phenoxy) is 1. The van der Waals surface area contributed by atoms with Crippen LogP contribution >= 0.6 is 0 Å². The summed E-state index contributed by atoms with van der Waals surface area (Å²) in [6, 6.07) is 7.11. The molecule has 0 fully saturated rings. The Balaban J connectivity index is 2.39. The van der Waals surface area contributed by atoms with Gasteiger partial charge in [-0.2, -0.15) is 0 Å². The lowest BCUT2D eigenvalue weighted by Gasteiger charge is -2.08. The number of hydrogen-bond acceptors (Lipinski definition) is 5. The third-order valence-electron chi connectivity index (χ3n) is 2.44. The first-order valence-electron chi connectivity index (χ1n) is 5.25. The van der Waals surface area contributed by atoms with Crippen molar-refractivity contribution < 1.29 is 9.66 Å². The molecule has 7 heteroatoms. The Bertz CT molecular complexity index is 579. The fourth-order valence-corrected chi connectivity index (χ4v) is 1.53. The summed E-state index contributed by atoms with van der Waals surface area (Å²) >= 11 is 0. The molecular formula is C11H12N4O3. The first-order chi connectivity index (χ1) is 8.63. The zero-order chi connectivity index (χ0) is 13.1. The number of benzene rings is 1. The van der Waals surface area contributed by atoms with E-state index < -0.39 is 4.92 Å². The van der Waals surface area contributed by atoms with Gasteiger partial charge in [-0.15, -0.1) is 0 Å². The second-order valence-electron chi connectivity index (χ2n) is 3.66. The van der Waals surface area contributed by atoms with E-state index in [1.807, 2.05) is 6.07 Å². The molecule has 0 saturated carbocycles. The van der Waals surface area contributed by atoms with Gasteiger partial charge in [0.2, 0.25) is 6.33 Å². The molecule has 0 aliphatic carbocycles. The SMILES string of the molecule is Cn1cnc([N+](=O)[O-])c1Oc1ccccc1CN. The molecule has 1 aromatic carbocycles. The zero-order valence-electron chi connectivity index (χ0n) is 9.74. The Hall–Kier alpha value is -2.41. The van der Waals surface area contributed by atoms with E-state index in [0.717, 1.165) is 5.56 Å².